The SMILES string of the molecule is CCCNC(C)(CO)CN1CCN(c2ncccn2)CC1. The Hall–Kier alpha value is -1.24. The van der Waals surface area contributed by atoms with Gasteiger partial charge in [0.1, 0.15) is 0 Å². The molecule has 0 saturated carbocycles. The molecule has 2 rings (SSSR count). The summed E-state index contributed by atoms with van der Waals surface area (Å²) in [6.07, 6.45) is 4.65. The van der Waals surface area contributed by atoms with Gasteiger partial charge in [0.15, 0.2) is 0 Å². The zero-order chi connectivity index (χ0) is 15.1. The van der Waals surface area contributed by atoms with Crippen molar-refractivity contribution in [1.82, 2.24) is 20.2 Å². The Morgan fingerprint density at radius 3 is 2.48 bits per heavy atom. The first-order valence-electron chi connectivity index (χ1n) is 7.77. The van der Waals surface area contributed by atoms with Crippen molar-refractivity contribution in [3.63, 3.8) is 0 Å². The molecule has 1 aromatic rings. The van der Waals surface area contributed by atoms with Crippen LogP contribution in [0.15, 0.2) is 18.5 Å². The molecule has 1 fully saturated rings. The van der Waals surface area contributed by atoms with Crippen molar-refractivity contribution in [3.05, 3.63) is 18.5 Å². The van der Waals surface area contributed by atoms with Crippen LogP contribution in [0.2, 0.25) is 0 Å². The molecule has 1 unspecified atom stereocenters. The Balaban J connectivity index is 1.83. The number of aromatic nitrogens is 2. The van der Waals surface area contributed by atoms with Crippen molar-refractivity contribution >= 4 is 5.95 Å². The van der Waals surface area contributed by atoms with Crippen LogP contribution in [0.3, 0.4) is 0 Å². The van der Waals surface area contributed by atoms with Crippen molar-refractivity contribution in [2.75, 3.05) is 50.8 Å². The van der Waals surface area contributed by atoms with E-state index in [2.05, 4.69) is 38.9 Å². The number of piperazine rings is 1. The number of aliphatic hydroxyl groups excluding tert-OH is 1. The highest BCUT2D eigenvalue weighted by Gasteiger charge is 2.28. The molecule has 1 aliphatic rings. The van der Waals surface area contributed by atoms with E-state index < -0.39 is 0 Å². The minimum Gasteiger partial charge on any atom is -0.394 e. The summed E-state index contributed by atoms with van der Waals surface area (Å²) in [5.41, 5.74) is -0.221. The molecule has 0 spiro atoms. The summed E-state index contributed by atoms with van der Waals surface area (Å²) in [4.78, 5) is 13.2. The van der Waals surface area contributed by atoms with Gasteiger partial charge < -0.3 is 15.3 Å². The van der Waals surface area contributed by atoms with Gasteiger partial charge in [0.2, 0.25) is 5.95 Å². The zero-order valence-electron chi connectivity index (χ0n) is 13.1. The number of anilines is 1. The number of nitrogens with one attached hydrogen (secondary N) is 1. The maximum absolute atomic E-state index is 9.65. The molecular weight excluding hydrogens is 266 g/mol. The number of rotatable bonds is 7. The minimum atomic E-state index is -0.221. The predicted molar refractivity (Wildman–Crippen MR) is 84.5 cm³/mol. The van der Waals surface area contributed by atoms with Gasteiger partial charge in [-0.2, -0.15) is 0 Å². The number of nitrogens with zero attached hydrogens (tertiary/aromatic N) is 4. The molecule has 1 aromatic heterocycles. The largest absolute Gasteiger partial charge is 0.394 e. The molecule has 6 nitrogen and oxygen atoms in total. The molecular formula is C15H27N5O. The fraction of sp³-hybridized carbons (Fsp3) is 0.733. The molecule has 6 heteroatoms. The Labute approximate surface area is 127 Å². The first kappa shape index (κ1) is 16.1. The van der Waals surface area contributed by atoms with Gasteiger partial charge in [-0.15, -0.1) is 0 Å². The summed E-state index contributed by atoms with van der Waals surface area (Å²) in [6.45, 7) is 10.0. The summed E-state index contributed by atoms with van der Waals surface area (Å²) >= 11 is 0. The Morgan fingerprint density at radius 1 is 1.24 bits per heavy atom. The second-order valence-corrected chi connectivity index (χ2v) is 5.96. The summed E-state index contributed by atoms with van der Waals surface area (Å²) in [7, 11) is 0. The van der Waals surface area contributed by atoms with Gasteiger partial charge in [-0.25, -0.2) is 9.97 Å². The van der Waals surface area contributed by atoms with Crippen LogP contribution < -0.4 is 10.2 Å². The van der Waals surface area contributed by atoms with Crippen molar-refractivity contribution in [2.24, 2.45) is 0 Å². The zero-order valence-corrected chi connectivity index (χ0v) is 13.1. The third-order valence-corrected chi connectivity index (χ3v) is 3.93. The number of hydrogen-bond donors (Lipinski definition) is 2. The molecule has 0 radical (unpaired) electrons. The lowest BCUT2D eigenvalue weighted by molar-refractivity contribution is 0.116. The van der Waals surface area contributed by atoms with Crippen LogP contribution in [0.1, 0.15) is 20.3 Å². The van der Waals surface area contributed by atoms with Crippen LogP contribution in [0.25, 0.3) is 0 Å². The second-order valence-electron chi connectivity index (χ2n) is 5.96. The second kappa shape index (κ2) is 7.68. The first-order valence-corrected chi connectivity index (χ1v) is 7.77. The van der Waals surface area contributed by atoms with Crippen molar-refractivity contribution in [1.29, 1.82) is 0 Å². The molecule has 0 bridgehead atoms. The van der Waals surface area contributed by atoms with Gasteiger partial charge in [-0.1, -0.05) is 6.92 Å². The van der Waals surface area contributed by atoms with Crippen LogP contribution in [-0.4, -0.2) is 71.4 Å². The molecule has 0 aromatic carbocycles. The van der Waals surface area contributed by atoms with Gasteiger partial charge >= 0.3 is 0 Å². The van der Waals surface area contributed by atoms with Gasteiger partial charge in [0, 0.05) is 45.1 Å². The molecule has 1 saturated heterocycles. The monoisotopic (exact) mass is 293 g/mol. The lowest BCUT2D eigenvalue weighted by Crippen LogP contribution is -2.58. The fourth-order valence-corrected chi connectivity index (χ4v) is 2.64. The highest BCUT2D eigenvalue weighted by molar-refractivity contribution is 5.29. The third-order valence-electron chi connectivity index (χ3n) is 3.93. The van der Waals surface area contributed by atoms with E-state index in [1.165, 1.54) is 0 Å². The summed E-state index contributed by atoms with van der Waals surface area (Å²) < 4.78 is 0. The minimum absolute atomic E-state index is 0.162. The van der Waals surface area contributed by atoms with Gasteiger partial charge in [-0.3, -0.25) is 4.90 Å². The summed E-state index contributed by atoms with van der Waals surface area (Å²) in [5, 5.41) is 13.1. The average molecular weight is 293 g/mol. The molecule has 0 aliphatic carbocycles. The van der Waals surface area contributed by atoms with Gasteiger partial charge in [0.05, 0.1) is 12.1 Å². The average Bonchev–Trinajstić information content (AvgIpc) is 2.54. The van der Waals surface area contributed by atoms with Gasteiger partial charge in [-0.05, 0) is 26.0 Å². The quantitative estimate of drug-likeness (QED) is 0.756. The predicted octanol–water partition coefficient (Wildman–Crippen LogP) is 0.349. The molecule has 1 aliphatic heterocycles. The van der Waals surface area contributed by atoms with Crippen LogP contribution >= 0.6 is 0 Å². The highest BCUT2D eigenvalue weighted by atomic mass is 16.3. The molecule has 2 heterocycles. The summed E-state index contributed by atoms with van der Waals surface area (Å²) in [5.74, 6) is 0.811. The summed E-state index contributed by atoms with van der Waals surface area (Å²) in [6, 6.07) is 1.84. The lowest BCUT2D eigenvalue weighted by Gasteiger charge is -2.40. The van der Waals surface area contributed by atoms with E-state index in [4.69, 9.17) is 0 Å². The highest BCUT2D eigenvalue weighted by Crippen LogP contribution is 2.13. The molecule has 21 heavy (non-hydrogen) atoms. The van der Waals surface area contributed by atoms with Crippen molar-refractivity contribution in [3.8, 4) is 0 Å². The Morgan fingerprint density at radius 2 is 1.90 bits per heavy atom. The number of aliphatic hydroxyl groups is 1. The van der Waals surface area contributed by atoms with E-state index >= 15 is 0 Å². The molecule has 118 valence electrons. The fourth-order valence-electron chi connectivity index (χ4n) is 2.64. The molecule has 1 atom stereocenters. The van der Waals surface area contributed by atoms with E-state index in [1.54, 1.807) is 12.4 Å². The first-order chi connectivity index (χ1) is 10.2. The normalized spacial score (nSPS) is 19.5. The van der Waals surface area contributed by atoms with E-state index in [0.717, 1.165) is 51.6 Å². The third kappa shape index (κ3) is 4.62. The standard InChI is InChI=1S/C15H27N5O/c1-3-5-18-15(2,13-21)12-19-8-10-20(11-9-19)14-16-6-4-7-17-14/h4,6-7,18,21H,3,5,8-13H2,1-2H3. The Kier molecular flexibility index (Phi) is 5.90. The van der Waals surface area contributed by atoms with Crippen molar-refractivity contribution < 1.29 is 5.11 Å². The van der Waals surface area contributed by atoms with E-state index in [1.807, 2.05) is 6.07 Å². The molecule has 2 N–H and O–H groups in total. The van der Waals surface area contributed by atoms with Crippen LogP contribution in [0, 0.1) is 0 Å². The van der Waals surface area contributed by atoms with Crippen LogP contribution in [-0.2, 0) is 0 Å². The van der Waals surface area contributed by atoms with E-state index in [9.17, 15) is 5.11 Å². The van der Waals surface area contributed by atoms with Crippen LogP contribution in [0.5, 0.6) is 0 Å². The number of hydrogen-bond acceptors (Lipinski definition) is 6. The Bertz CT molecular complexity index is 408. The topological polar surface area (TPSA) is 64.5 Å². The van der Waals surface area contributed by atoms with Crippen molar-refractivity contribution in [2.45, 2.75) is 25.8 Å². The molecule has 0 amide bonds. The smallest absolute Gasteiger partial charge is 0.225 e. The van der Waals surface area contributed by atoms with Gasteiger partial charge in [0.25, 0.3) is 0 Å². The maximum Gasteiger partial charge on any atom is 0.225 e. The van der Waals surface area contributed by atoms with Crippen LogP contribution in [0.4, 0.5) is 5.95 Å². The maximum atomic E-state index is 9.65. The lowest BCUT2D eigenvalue weighted by atomic mass is 10.0. The van der Waals surface area contributed by atoms with E-state index in [0.29, 0.717) is 0 Å². The van der Waals surface area contributed by atoms with E-state index in [-0.39, 0.29) is 12.1 Å².